The summed E-state index contributed by atoms with van der Waals surface area (Å²) in [6, 6.07) is 6.50. The molecule has 3 saturated heterocycles. The van der Waals surface area contributed by atoms with Crippen LogP contribution in [-0.4, -0.2) is 135 Å². The summed E-state index contributed by atoms with van der Waals surface area (Å²) < 4.78 is 6.22. The van der Waals surface area contributed by atoms with Gasteiger partial charge >= 0.3 is 0 Å². The minimum Gasteiger partial charge on any atom is -0.490 e. The van der Waals surface area contributed by atoms with Crippen LogP contribution >= 0.6 is 35.3 Å². The van der Waals surface area contributed by atoms with Gasteiger partial charge in [-0.15, -0.1) is 23.7 Å². The second-order valence-electron chi connectivity index (χ2n) is 20.3. The highest BCUT2D eigenvalue weighted by atomic mass is 35.5. The van der Waals surface area contributed by atoms with Gasteiger partial charge < -0.3 is 52.0 Å². The predicted molar refractivity (Wildman–Crippen MR) is 277 cm³/mol. The Hall–Kier alpha value is -5.34. The Labute approximate surface area is 437 Å². The number of aliphatic hydroxyl groups is 1. The van der Waals surface area contributed by atoms with Crippen molar-refractivity contribution in [3.8, 4) is 16.2 Å². The first-order valence-electron chi connectivity index (χ1n) is 24.4. The number of hydrogen-bond donors (Lipinski definition) is 6. The fourth-order valence-corrected chi connectivity index (χ4v) is 10.8. The quantitative estimate of drug-likeness (QED) is 0.105. The maximum absolute atomic E-state index is 14.3. The average Bonchev–Trinajstić information content (AvgIpc) is 4.05. The molecule has 0 spiro atoms. The summed E-state index contributed by atoms with van der Waals surface area (Å²) in [5, 5.41) is 20.0. The van der Waals surface area contributed by atoms with Gasteiger partial charge in [0.05, 0.1) is 39.3 Å². The van der Waals surface area contributed by atoms with Crippen molar-refractivity contribution >= 4 is 76.7 Å². The van der Waals surface area contributed by atoms with Crippen LogP contribution in [0.1, 0.15) is 114 Å². The third-order valence-corrected chi connectivity index (χ3v) is 15.1. The van der Waals surface area contributed by atoms with Crippen molar-refractivity contribution in [1.82, 2.24) is 35.6 Å². The standard InChI is InChI=1S/C51H70ClN9O9S.ClH/c1-28-21-34(44(52)41(22-28)70-26-35(15-18-42(54)64)57-47(66)39-17-16-36-19-20-59(31(4)62)25-38(53)49(68)61(36)39)9-8-10-43(65)58-46(51(5,6)7)50(69)60-24-37(63)23-40(60)48(67)56-29(2)32-11-13-33(14-12-32)45-30(3)55-27-71-45;/h11-14,21-22,27,29,35-40,46,63H,8-10,15-20,23-26,53H2,1-7H3,(H2,54,64)(H,56,67)(H,57,66)(H,58,65);1H/t29-,35-,36+,37+,38-,39-,40-,46+;/m0./s1. The van der Waals surface area contributed by atoms with E-state index in [4.69, 9.17) is 27.8 Å². The van der Waals surface area contributed by atoms with Crippen LogP contribution in [0.15, 0.2) is 41.9 Å². The number of nitrogens with two attached hydrogens (primary N) is 2. The summed E-state index contributed by atoms with van der Waals surface area (Å²) in [5.41, 5.74) is 17.2. The third-order valence-electron chi connectivity index (χ3n) is 13.7. The lowest BCUT2D eigenvalue weighted by Crippen LogP contribution is -2.59. The number of fused-ring (bicyclic) bond motifs is 1. The van der Waals surface area contributed by atoms with E-state index in [0.717, 1.165) is 27.3 Å². The van der Waals surface area contributed by atoms with Crippen LogP contribution in [0.2, 0.25) is 5.02 Å². The number of halogens is 2. The molecule has 8 atom stereocenters. The second-order valence-corrected chi connectivity index (χ2v) is 21.6. The van der Waals surface area contributed by atoms with Crippen LogP contribution in [0.3, 0.4) is 0 Å². The number of likely N-dealkylation sites (tertiary alicyclic amines) is 1. The number of aromatic nitrogens is 1. The van der Waals surface area contributed by atoms with E-state index in [1.807, 2.05) is 71.9 Å². The molecule has 8 N–H and O–H groups in total. The van der Waals surface area contributed by atoms with Crippen LogP contribution < -0.4 is 32.2 Å². The summed E-state index contributed by atoms with van der Waals surface area (Å²) in [4.78, 5) is 103. The lowest BCUT2D eigenvalue weighted by Gasteiger charge is -2.37. The van der Waals surface area contributed by atoms with Crippen molar-refractivity contribution in [2.45, 2.75) is 155 Å². The molecule has 3 aliphatic rings. The van der Waals surface area contributed by atoms with E-state index in [-0.39, 0.29) is 81.7 Å². The first kappa shape index (κ1) is 57.6. The molecule has 0 aliphatic carbocycles. The molecule has 3 aromatic rings. The summed E-state index contributed by atoms with van der Waals surface area (Å²) in [5.74, 6) is -2.42. The number of primary amides is 1. The third kappa shape index (κ3) is 14.5. The predicted octanol–water partition coefficient (Wildman–Crippen LogP) is 4.26. The van der Waals surface area contributed by atoms with Gasteiger partial charge in [0, 0.05) is 51.9 Å². The molecule has 0 unspecified atom stereocenters. The summed E-state index contributed by atoms with van der Waals surface area (Å²) in [7, 11) is 0. The molecular weight excluding hydrogens is 986 g/mol. The van der Waals surface area contributed by atoms with E-state index in [9.17, 15) is 38.7 Å². The Morgan fingerprint density at radius 2 is 1.67 bits per heavy atom. The lowest BCUT2D eigenvalue weighted by atomic mass is 9.85. The number of amides is 7. The molecule has 4 heterocycles. The number of hydrogen-bond acceptors (Lipinski definition) is 12. The molecule has 21 heteroatoms. The van der Waals surface area contributed by atoms with Crippen molar-refractivity contribution in [2.24, 2.45) is 16.9 Å². The van der Waals surface area contributed by atoms with Gasteiger partial charge in [-0.3, -0.25) is 33.6 Å². The smallest absolute Gasteiger partial charge is 0.246 e. The summed E-state index contributed by atoms with van der Waals surface area (Å²) in [6.45, 7) is 13.0. The zero-order chi connectivity index (χ0) is 51.9. The maximum Gasteiger partial charge on any atom is 0.246 e. The topological polar surface area (TPSA) is 260 Å². The van der Waals surface area contributed by atoms with E-state index in [1.165, 1.54) is 11.8 Å². The first-order chi connectivity index (χ1) is 33.5. The van der Waals surface area contributed by atoms with Crippen LogP contribution in [0.4, 0.5) is 0 Å². The van der Waals surface area contributed by atoms with E-state index in [2.05, 4.69) is 20.9 Å². The molecule has 18 nitrogen and oxygen atoms in total. The molecule has 7 amide bonds. The zero-order valence-corrected chi connectivity index (χ0v) is 44.6. The highest BCUT2D eigenvalue weighted by molar-refractivity contribution is 7.13. The van der Waals surface area contributed by atoms with Crippen molar-refractivity contribution in [3.05, 3.63) is 69.3 Å². The number of carbonyl (C=O) groups excluding carboxylic acids is 7. The van der Waals surface area contributed by atoms with Gasteiger partial charge in [0.25, 0.3) is 0 Å². The molecule has 2 aromatic carbocycles. The number of nitrogens with zero attached hydrogens (tertiary/aromatic N) is 4. The largest absolute Gasteiger partial charge is 0.490 e. The van der Waals surface area contributed by atoms with Crippen LogP contribution in [0, 0.1) is 19.3 Å². The number of ether oxygens (including phenoxy) is 1. The van der Waals surface area contributed by atoms with Gasteiger partial charge in [0.15, 0.2) is 0 Å². The SMILES string of the molecule is CC(=O)N1CC[C@H]2CC[C@@H](C(=O)N[C@@H](CCC(N)=O)COc3cc(C)cc(CCCC(=O)N[C@H](C(=O)N4C[C@H](O)C[C@H]4C(=O)N[C@@H](C)c4ccc(-c5scnc5C)cc4)C(C)(C)C)c3Cl)N2C(=O)[C@@H](N)C1.Cl. The van der Waals surface area contributed by atoms with Crippen molar-refractivity contribution in [3.63, 3.8) is 0 Å². The Bertz CT molecular complexity index is 2450. The van der Waals surface area contributed by atoms with E-state index in [0.29, 0.717) is 55.0 Å². The number of benzene rings is 2. The zero-order valence-electron chi connectivity index (χ0n) is 42.2. The number of carbonyl (C=O) groups is 7. The normalized spacial score (nSPS) is 21.3. The Morgan fingerprint density at radius 3 is 2.31 bits per heavy atom. The highest BCUT2D eigenvalue weighted by Crippen LogP contribution is 2.34. The maximum atomic E-state index is 14.3. The average molecular weight is 1060 g/mol. The highest BCUT2D eigenvalue weighted by Gasteiger charge is 2.46. The molecular formula is C51H71Cl2N9O9S. The fraction of sp³-hybridized carbons (Fsp3) is 0.569. The van der Waals surface area contributed by atoms with Crippen LogP contribution in [-0.2, 0) is 40.0 Å². The van der Waals surface area contributed by atoms with Crippen LogP contribution in [0.5, 0.6) is 5.75 Å². The molecule has 72 heavy (non-hydrogen) atoms. The molecule has 3 fully saturated rings. The number of rotatable bonds is 18. The summed E-state index contributed by atoms with van der Waals surface area (Å²) >= 11 is 8.47. The van der Waals surface area contributed by atoms with E-state index < -0.39 is 71.3 Å². The molecule has 6 rings (SSSR count). The van der Waals surface area contributed by atoms with Gasteiger partial charge in [-0.1, -0.05) is 62.7 Å². The van der Waals surface area contributed by atoms with Crippen molar-refractivity contribution in [2.75, 3.05) is 26.2 Å². The number of aryl methyl sites for hydroxylation is 3. The molecule has 0 radical (unpaired) electrons. The van der Waals surface area contributed by atoms with E-state index >= 15 is 0 Å². The lowest BCUT2D eigenvalue weighted by molar-refractivity contribution is -0.144. The second kappa shape index (κ2) is 25.1. The van der Waals surface area contributed by atoms with Gasteiger partial charge in [-0.25, -0.2) is 4.98 Å². The Balaban J connectivity index is 0.00000963. The molecule has 0 saturated carbocycles. The monoisotopic (exact) mass is 1060 g/mol. The van der Waals surface area contributed by atoms with Gasteiger partial charge in [0.2, 0.25) is 41.4 Å². The number of thiazole rings is 1. The number of nitrogens with one attached hydrogen (secondary N) is 3. The first-order valence-corrected chi connectivity index (χ1v) is 25.7. The minimum atomic E-state index is -0.998. The fourth-order valence-electron chi connectivity index (χ4n) is 9.73. The molecule has 0 bridgehead atoms. The Kier molecular flexibility index (Phi) is 20.0. The van der Waals surface area contributed by atoms with Crippen molar-refractivity contribution in [1.29, 1.82) is 0 Å². The van der Waals surface area contributed by atoms with Crippen molar-refractivity contribution < 1.29 is 43.4 Å². The van der Waals surface area contributed by atoms with Gasteiger partial charge in [-0.05, 0) is 93.0 Å². The van der Waals surface area contributed by atoms with Gasteiger partial charge in [0.1, 0.15) is 36.5 Å². The summed E-state index contributed by atoms with van der Waals surface area (Å²) in [6.07, 6.45) is 1.56. The molecule has 394 valence electrons. The van der Waals surface area contributed by atoms with E-state index in [1.54, 1.807) is 32.7 Å². The Morgan fingerprint density at radius 1 is 0.972 bits per heavy atom. The van der Waals surface area contributed by atoms with Crippen LogP contribution in [0.25, 0.3) is 10.4 Å². The molecule has 1 aromatic heterocycles. The number of β-amino-alcohol motifs (C(OH)–C–C–N with tert-alkyl or cyclic N) is 1. The minimum absolute atomic E-state index is 0. The number of aliphatic hydroxyl groups excluding tert-OH is 1. The van der Waals surface area contributed by atoms with Gasteiger partial charge in [-0.2, -0.15) is 0 Å². The molecule has 3 aliphatic heterocycles.